The lowest BCUT2D eigenvalue weighted by molar-refractivity contribution is -0.110. The van der Waals surface area contributed by atoms with E-state index < -0.39 is 0 Å². The summed E-state index contributed by atoms with van der Waals surface area (Å²) in [6, 6.07) is 11.0. The zero-order valence-electron chi connectivity index (χ0n) is 13.1. The molecular weight excluding hydrogens is 326 g/mol. The number of aryl methyl sites for hydroxylation is 2. The molecule has 0 radical (unpaired) electrons. The zero-order chi connectivity index (χ0) is 17.0. The van der Waals surface area contributed by atoms with Gasteiger partial charge in [0.1, 0.15) is 0 Å². The van der Waals surface area contributed by atoms with Crippen molar-refractivity contribution in [3.63, 3.8) is 0 Å². The van der Waals surface area contributed by atoms with Crippen LogP contribution in [-0.2, 0) is 18.9 Å². The molecule has 0 bridgehead atoms. The second-order valence-electron chi connectivity index (χ2n) is 5.85. The molecule has 0 atom stereocenters. The van der Waals surface area contributed by atoms with Crippen molar-refractivity contribution in [2.75, 3.05) is 5.32 Å². The van der Waals surface area contributed by atoms with E-state index in [2.05, 4.69) is 5.32 Å². The van der Waals surface area contributed by atoms with Crippen molar-refractivity contribution < 1.29 is 4.79 Å². The number of hydrogen-bond acceptors (Lipinski definition) is 2. The molecule has 1 amide bonds. The average molecular weight is 340 g/mol. The number of amides is 1. The van der Waals surface area contributed by atoms with Gasteiger partial charge in [-0.3, -0.25) is 13.9 Å². The second kappa shape index (κ2) is 5.11. The fraction of sp³-hybridized carbons (Fsp3) is 0.111. The smallest absolute Gasteiger partial charge is 0.321 e. The Hall–Kier alpha value is -2.79. The summed E-state index contributed by atoms with van der Waals surface area (Å²) in [5.74, 6) is -0.158. The third-order valence-corrected chi connectivity index (χ3v) is 4.61. The molecule has 1 aliphatic rings. The van der Waals surface area contributed by atoms with Gasteiger partial charge in [0.05, 0.1) is 16.7 Å². The number of benzene rings is 2. The molecular formula is C18H14ClN3O2. The van der Waals surface area contributed by atoms with Gasteiger partial charge >= 0.3 is 5.69 Å². The molecule has 0 aliphatic carbocycles. The molecule has 120 valence electrons. The zero-order valence-corrected chi connectivity index (χ0v) is 13.9. The average Bonchev–Trinajstić information content (AvgIpc) is 2.97. The summed E-state index contributed by atoms with van der Waals surface area (Å²) in [6.07, 6.45) is 1.83. The minimum absolute atomic E-state index is 0.0756. The van der Waals surface area contributed by atoms with Gasteiger partial charge < -0.3 is 5.32 Å². The Balaban J connectivity index is 1.88. The van der Waals surface area contributed by atoms with E-state index >= 15 is 0 Å². The van der Waals surface area contributed by atoms with E-state index in [9.17, 15) is 9.59 Å². The second-order valence-corrected chi connectivity index (χ2v) is 6.29. The molecule has 5 nitrogen and oxygen atoms in total. The van der Waals surface area contributed by atoms with Gasteiger partial charge in [-0.15, -0.1) is 0 Å². The number of fused-ring (bicyclic) bond motifs is 2. The summed E-state index contributed by atoms with van der Waals surface area (Å²) in [5.41, 5.74) is 4.59. The summed E-state index contributed by atoms with van der Waals surface area (Å²) in [5, 5.41) is 3.40. The number of halogens is 1. The highest BCUT2D eigenvalue weighted by atomic mass is 35.5. The van der Waals surface area contributed by atoms with Crippen LogP contribution < -0.4 is 11.0 Å². The van der Waals surface area contributed by atoms with Crippen molar-refractivity contribution in [3.8, 4) is 0 Å². The number of aromatic nitrogens is 2. The van der Waals surface area contributed by atoms with Gasteiger partial charge in [-0.25, -0.2) is 4.79 Å². The molecule has 4 rings (SSSR count). The first kappa shape index (κ1) is 14.8. The summed E-state index contributed by atoms with van der Waals surface area (Å²) in [6.45, 7) is 0. The van der Waals surface area contributed by atoms with Crippen molar-refractivity contribution >= 4 is 45.9 Å². The Morgan fingerprint density at radius 2 is 1.75 bits per heavy atom. The van der Waals surface area contributed by atoms with Crippen LogP contribution >= 0.6 is 11.6 Å². The maximum Gasteiger partial charge on any atom is 0.328 e. The van der Waals surface area contributed by atoms with Gasteiger partial charge in [0, 0.05) is 30.3 Å². The molecule has 0 spiro atoms. The number of nitrogens with one attached hydrogen (secondary N) is 1. The number of carbonyl (C=O) groups excluding carboxylic acids is 1. The van der Waals surface area contributed by atoms with Gasteiger partial charge in [-0.05, 0) is 35.9 Å². The maximum atomic E-state index is 12.3. The van der Waals surface area contributed by atoms with Crippen LogP contribution in [0.2, 0.25) is 5.02 Å². The molecule has 24 heavy (non-hydrogen) atoms. The normalized spacial score (nSPS) is 15.1. The largest absolute Gasteiger partial charge is 0.328 e. The number of carbonyl (C=O) groups is 1. The van der Waals surface area contributed by atoms with Crippen LogP contribution in [0, 0.1) is 0 Å². The molecule has 0 fully saturated rings. The van der Waals surface area contributed by atoms with Crippen LogP contribution in [0.4, 0.5) is 5.69 Å². The van der Waals surface area contributed by atoms with Gasteiger partial charge in [-0.1, -0.05) is 23.7 Å². The van der Waals surface area contributed by atoms with Crippen LogP contribution in [0.5, 0.6) is 0 Å². The summed E-state index contributed by atoms with van der Waals surface area (Å²) in [7, 11) is 3.48. The van der Waals surface area contributed by atoms with Gasteiger partial charge in [0.2, 0.25) is 0 Å². The molecule has 1 N–H and O–H groups in total. The minimum atomic E-state index is -0.158. The van der Waals surface area contributed by atoms with Crippen LogP contribution in [0.3, 0.4) is 0 Å². The first-order valence-corrected chi connectivity index (χ1v) is 7.82. The van der Waals surface area contributed by atoms with Gasteiger partial charge in [-0.2, -0.15) is 0 Å². The highest BCUT2D eigenvalue weighted by Gasteiger charge is 2.24. The Kier molecular flexibility index (Phi) is 3.15. The summed E-state index contributed by atoms with van der Waals surface area (Å²) < 4.78 is 3.20. The Bertz CT molecular complexity index is 1110. The monoisotopic (exact) mass is 339 g/mol. The van der Waals surface area contributed by atoms with Crippen LogP contribution in [-0.4, -0.2) is 15.0 Å². The van der Waals surface area contributed by atoms with E-state index in [0.717, 1.165) is 22.2 Å². The lowest BCUT2D eigenvalue weighted by Gasteiger charge is -2.01. The number of nitrogens with zero attached hydrogens (tertiary/aromatic N) is 2. The van der Waals surface area contributed by atoms with E-state index in [1.54, 1.807) is 35.4 Å². The van der Waals surface area contributed by atoms with Crippen molar-refractivity contribution in [2.24, 2.45) is 14.1 Å². The highest BCUT2D eigenvalue weighted by Crippen LogP contribution is 2.35. The predicted octanol–water partition coefficient (Wildman–Crippen LogP) is 3.02. The fourth-order valence-corrected chi connectivity index (χ4v) is 3.26. The van der Waals surface area contributed by atoms with Crippen LogP contribution in [0.25, 0.3) is 22.7 Å². The van der Waals surface area contributed by atoms with E-state index in [0.29, 0.717) is 16.3 Å². The topological polar surface area (TPSA) is 56.0 Å². The van der Waals surface area contributed by atoms with E-state index in [1.807, 2.05) is 30.3 Å². The molecule has 1 aromatic heterocycles. The van der Waals surface area contributed by atoms with Gasteiger partial charge in [0.25, 0.3) is 5.91 Å². The van der Waals surface area contributed by atoms with Crippen molar-refractivity contribution in [1.29, 1.82) is 0 Å². The minimum Gasteiger partial charge on any atom is -0.321 e. The molecule has 1 aliphatic heterocycles. The van der Waals surface area contributed by atoms with Crippen molar-refractivity contribution in [1.82, 2.24) is 9.13 Å². The lowest BCUT2D eigenvalue weighted by atomic mass is 10.0. The van der Waals surface area contributed by atoms with Crippen molar-refractivity contribution in [2.45, 2.75) is 0 Å². The first-order valence-electron chi connectivity index (χ1n) is 7.44. The van der Waals surface area contributed by atoms with E-state index in [-0.39, 0.29) is 11.6 Å². The molecule has 3 aromatic rings. The standard InChI is InChI=1S/C18H14ClN3O2/c1-21-15-6-3-10(8-16(15)22(2)18(21)24)7-13-12-5-4-11(19)9-14(12)20-17(13)23/h3-9H,1-2H3,(H,20,23)/b13-7-. The molecule has 6 heteroatoms. The number of hydrogen-bond donors (Lipinski definition) is 1. The Morgan fingerprint density at radius 3 is 2.54 bits per heavy atom. The summed E-state index contributed by atoms with van der Waals surface area (Å²) in [4.78, 5) is 24.3. The fourth-order valence-electron chi connectivity index (χ4n) is 3.09. The molecule has 0 saturated heterocycles. The Labute approximate surface area is 142 Å². The third-order valence-electron chi connectivity index (χ3n) is 4.37. The molecule has 0 saturated carbocycles. The molecule has 2 aromatic carbocycles. The third kappa shape index (κ3) is 2.09. The van der Waals surface area contributed by atoms with Crippen molar-refractivity contribution in [3.05, 3.63) is 63.0 Å². The van der Waals surface area contributed by atoms with Crippen LogP contribution in [0.1, 0.15) is 11.1 Å². The number of anilines is 1. The summed E-state index contributed by atoms with van der Waals surface area (Å²) >= 11 is 5.97. The molecule has 2 heterocycles. The Morgan fingerprint density at radius 1 is 1.00 bits per heavy atom. The van der Waals surface area contributed by atoms with Gasteiger partial charge in [0.15, 0.2) is 0 Å². The lowest BCUT2D eigenvalue weighted by Crippen LogP contribution is -2.19. The number of imidazole rings is 1. The number of rotatable bonds is 1. The van der Waals surface area contributed by atoms with E-state index in [4.69, 9.17) is 11.6 Å². The predicted molar refractivity (Wildman–Crippen MR) is 96.1 cm³/mol. The maximum absolute atomic E-state index is 12.3. The van der Waals surface area contributed by atoms with Crippen LogP contribution in [0.15, 0.2) is 41.2 Å². The highest BCUT2D eigenvalue weighted by molar-refractivity contribution is 6.36. The quantitative estimate of drug-likeness (QED) is 0.693. The first-order chi connectivity index (χ1) is 11.5. The SMILES string of the molecule is Cn1c(=O)n(C)c2cc(/C=C3\C(=O)Nc4cc(Cl)ccc43)ccc21. The van der Waals surface area contributed by atoms with E-state index in [1.165, 1.54) is 0 Å². The molecule has 0 unspecified atom stereocenters.